The third kappa shape index (κ3) is 3.74. The van der Waals surface area contributed by atoms with Crippen LogP contribution in [-0.4, -0.2) is 18.5 Å². The minimum atomic E-state index is -0.360. The molecule has 1 aromatic carbocycles. The molecule has 0 radical (unpaired) electrons. The third-order valence-corrected chi connectivity index (χ3v) is 4.94. The second-order valence-electron chi connectivity index (χ2n) is 5.83. The van der Waals surface area contributed by atoms with E-state index in [0.29, 0.717) is 16.5 Å². The van der Waals surface area contributed by atoms with E-state index in [1.165, 1.54) is 11.3 Å². The highest BCUT2D eigenvalue weighted by Gasteiger charge is 2.17. The number of carbonyl (C=O) groups excluding carboxylic acids is 2. The lowest BCUT2D eigenvalue weighted by Gasteiger charge is -2.01. The van der Waals surface area contributed by atoms with Crippen molar-refractivity contribution in [3.8, 4) is 0 Å². The Bertz CT molecular complexity index is 938. The molecule has 130 valence electrons. The van der Waals surface area contributed by atoms with Gasteiger partial charge in [-0.25, -0.2) is 4.79 Å². The average molecular weight is 357 g/mol. The van der Waals surface area contributed by atoms with Gasteiger partial charge in [0.25, 0.3) is 0 Å². The number of amides is 1. The topological polar surface area (TPSA) is 68.5 Å². The predicted octanol–water partition coefficient (Wildman–Crippen LogP) is 4.47. The van der Waals surface area contributed by atoms with Gasteiger partial charge in [-0.1, -0.05) is 12.1 Å². The van der Waals surface area contributed by atoms with E-state index in [1.54, 1.807) is 19.3 Å². The lowest BCUT2D eigenvalue weighted by atomic mass is 10.1. The number of carbonyl (C=O) groups is 2. The summed E-state index contributed by atoms with van der Waals surface area (Å²) in [5.74, 6) is -0.512. The molecule has 3 rings (SSSR count). The Morgan fingerprint density at radius 1 is 1.24 bits per heavy atom. The van der Waals surface area contributed by atoms with Crippen LogP contribution in [0.1, 0.15) is 33.3 Å². The molecule has 1 N–H and O–H groups in total. The maximum Gasteiger partial charge on any atom is 0.348 e. The molecule has 3 aromatic rings. The SMILES string of the molecule is CCOC(=O)c1sc(NC(=O)Cc2coc3cc(C)ccc23)cc1C. The van der Waals surface area contributed by atoms with Crippen molar-refractivity contribution in [1.29, 1.82) is 0 Å². The van der Waals surface area contributed by atoms with E-state index in [2.05, 4.69) is 5.32 Å². The maximum absolute atomic E-state index is 12.3. The molecule has 6 heteroatoms. The monoisotopic (exact) mass is 357 g/mol. The highest BCUT2D eigenvalue weighted by molar-refractivity contribution is 7.18. The van der Waals surface area contributed by atoms with Crippen molar-refractivity contribution >= 4 is 39.2 Å². The van der Waals surface area contributed by atoms with Crippen molar-refractivity contribution < 1.29 is 18.7 Å². The third-order valence-electron chi connectivity index (χ3n) is 3.80. The maximum atomic E-state index is 12.3. The van der Waals surface area contributed by atoms with E-state index in [4.69, 9.17) is 9.15 Å². The van der Waals surface area contributed by atoms with Gasteiger partial charge in [0.05, 0.1) is 24.3 Å². The van der Waals surface area contributed by atoms with Gasteiger partial charge in [-0.15, -0.1) is 11.3 Å². The van der Waals surface area contributed by atoms with Crippen LogP contribution in [-0.2, 0) is 16.0 Å². The van der Waals surface area contributed by atoms with Crippen molar-refractivity contribution in [2.75, 3.05) is 11.9 Å². The molecule has 0 unspecified atom stereocenters. The van der Waals surface area contributed by atoms with Crippen LogP contribution in [0.15, 0.2) is 34.9 Å². The van der Waals surface area contributed by atoms with Crippen LogP contribution in [0.5, 0.6) is 0 Å². The number of rotatable bonds is 5. The van der Waals surface area contributed by atoms with Crippen LogP contribution in [0, 0.1) is 13.8 Å². The number of ether oxygens (including phenoxy) is 1. The number of fused-ring (bicyclic) bond motifs is 1. The zero-order valence-electron chi connectivity index (χ0n) is 14.3. The van der Waals surface area contributed by atoms with E-state index < -0.39 is 0 Å². The zero-order chi connectivity index (χ0) is 18.0. The summed E-state index contributed by atoms with van der Waals surface area (Å²) in [6.45, 7) is 5.91. The van der Waals surface area contributed by atoms with Gasteiger partial charge >= 0.3 is 5.97 Å². The van der Waals surface area contributed by atoms with Gasteiger partial charge in [0.15, 0.2) is 0 Å². The summed E-state index contributed by atoms with van der Waals surface area (Å²) in [6.07, 6.45) is 1.83. The Labute approximate surface area is 149 Å². The number of thiophene rings is 1. The number of hydrogen-bond acceptors (Lipinski definition) is 5. The Kier molecular flexibility index (Phi) is 4.90. The molecular formula is C19H19NO4S. The summed E-state index contributed by atoms with van der Waals surface area (Å²) in [7, 11) is 0. The lowest BCUT2D eigenvalue weighted by Crippen LogP contribution is -2.13. The first-order chi connectivity index (χ1) is 12.0. The number of furan rings is 1. The largest absolute Gasteiger partial charge is 0.464 e. The first-order valence-electron chi connectivity index (χ1n) is 8.02. The smallest absolute Gasteiger partial charge is 0.348 e. The van der Waals surface area contributed by atoms with Gasteiger partial charge < -0.3 is 14.5 Å². The summed E-state index contributed by atoms with van der Waals surface area (Å²) < 4.78 is 10.5. The molecule has 2 heterocycles. The molecule has 5 nitrogen and oxygen atoms in total. The normalized spacial score (nSPS) is 10.8. The quantitative estimate of drug-likeness (QED) is 0.684. The number of benzene rings is 1. The predicted molar refractivity (Wildman–Crippen MR) is 98.3 cm³/mol. The minimum absolute atomic E-state index is 0.153. The van der Waals surface area contributed by atoms with Crippen LogP contribution < -0.4 is 5.32 Å². The van der Waals surface area contributed by atoms with Gasteiger partial charge in [-0.3, -0.25) is 4.79 Å². The van der Waals surface area contributed by atoms with Crippen LogP contribution >= 0.6 is 11.3 Å². The van der Waals surface area contributed by atoms with E-state index >= 15 is 0 Å². The molecule has 0 aliphatic rings. The van der Waals surface area contributed by atoms with Gasteiger partial charge in [-0.2, -0.15) is 0 Å². The molecule has 0 fully saturated rings. The summed E-state index contributed by atoms with van der Waals surface area (Å²) in [5, 5.41) is 4.42. The van der Waals surface area contributed by atoms with Gasteiger partial charge in [0.1, 0.15) is 10.5 Å². The van der Waals surface area contributed by atoms with Gasteiger partial charge in [-0.05, 0) is 44.0 Å². The average Bonchev–Trinajstić information content (AvgIpc) is 3.11. The first kappa shape index (κ1) is 17.2. The fourth-order valence-corrected chi connectivity index (χ4v) is 3.61. The van der Waals surface area contributed by atoms with Crippen LogP contribution in [0.3, 0.4) is 0 Å². The van der Waals surface area contributed by atoms with Crippen molar-refractivity contribution in [3.05, 3.63) is 52.1 Å². The van der Waals surface area contributed by atoms with Crippen molar-refractivity contribution in [3.63, 3.8) is 0 Å². The van der Waals surface area contributed by atoms with Crippen LogP contribution in [0.2, 0.25) is 0 Å². The zero-order valence-corrected chi connectivity index (χ0v) is 15.2. The van der Waals surface area contributed by atoms with Crippen LogP contribution in [0.25, 0.3) is 11.0 Å². The molecule has 0 aliphatic carbocycles. The molecular weight excluding hydrogens is 338 g/mol. The minimum Gasteiger partial charge on any atom is -0.464 e. The fourth-order valence-electron chi connectivity index (χ4n) is 2.62. The Balaban J connectivity index is 1.72. The number of nitrogens with one attached hydrogen (secondary N) is 1. The summed E-state index contributed by atoms with van der Waals surface area (Å²) in [5.41, 5.74) is 3.52. The second kappa shape index (κ2) is 7.11. The van der Waals surface area contributed by atoms with Gasteiger partial charge in [0, 0.05) is 10.9 Å². The summed E-state index contributed by atoms with van der Waals surface area (Å²) in [6, 6.07) is 7.69. The molecule has 0 aliphatic heterocycles. The molecule has 0 saturated heterocycles. The van der Waals surface area contributed by atoms with E-state index in [1.807, 2.05) is 32.0 Å². The molecule has 25 heavy (non-hydrogen) atoms. The molecule has 1 amide bonds. The lowest BCUT2D eigenvalue weighted by molar-refractivity contribution is -0.115. The highest BCUT2D eigenvalue weighted by atomic mass is 32.1. The van der Waals surface area contributed by atoms with E-state index in [9.17, 15) is 9.59 Å². The van der Waals surface area contributed by atoms with Crippen molar-refractivity contribution in [2.45, 2.75) is 27.2 Å². The Morgan fingerprint density at radius 2 is 2.04 bits per heavy atom. The molecule has 0 atom stereocenters. The fraction of sp³-hybridized carbons (Fsp3) is 0.263. The Morgan fingerprint density at radius 3 is 2.80 bits per heavy atom. The van der Waals surface area contributed by atoms with Crippen molar-refractivity contribution in [1.82, 2.24) is 0 Å². The number of esters is 1. The summed E-state index contributed by atoms with van der Waals surface area (Å²) in [4.78, 5) is 24.7. The second-order valence-corrected chi connectivity index (χ2v) is 6.88. The van der Waals surface area contributed by atoms with E-state index in [-0.39, 0.29) is 18.3 Å². The summed E-state index contributed by atoms with van der Waals surface area (Å²) >= 11 is 1.22. The number of hydrogen-bond donors (Lipinski definition) is 1. The first-order valence-corrected chi connectivity index (χ1v) is 8.83. The van der Waals surface area contributed by atoms with Crippen LogP contribution in [0.4, 0.5) is 5.00 Å². The molecule has 0 bridgehead atoms. The Hall–Kier alpha value is -2.60. The molecule has 0 spiro atoms. The van der Waals surface area contributed by atoms with Crippen molar-refractivity contribution in [2.24, 2.45) is 0 Å². The highest BCUT2D eigenvalue weighted by Crippen LogP contribution is 2.28. The standard InChI is InChI=1S/C19H19NO4S/c1-4-23-19(22)18-12(3)8-17(25-18)20-16(21)9-13-10-24-15-7-11(2)5-6-14(13)15/h5-8,10H,4,9H2,1-3H3,(H,20,21). The van der Waals surface area contributed by atoms with E-state index in [0.717, 1.165) is 27.7 Å². The molecule has 0 saturated carbocycles. The number of aryl methyl sites for hydroxylation is 2. The number of anilines is 1. The molecule has 2 aromatic heterocycles. The van der Waals surface area contributed by atoms with Gasteiger partial charge in [0.2, 0.25) is 5.91 Å².